The van der Waals surface area contributed by atoms with Crippen LogP contribution in [0.4, 0.5) is 11.4 Å². The van der Waals surface area contributed by atoms with Gasteiger partial charge in [-0.2, -0.15) is 0 Å². The number of carboxylic acids is 1. The third-order valence-corrected chi connectivity index (χ3v) is 2.61. The summed E-state index contributed by atoms with van der Waals surface area (Å²) >= 11 is 0. The maximum atomic E-state index is 11.8. The van der Waals surface area contributed by atoms with Crippen LogP contribution in [0.2, 0.25) is 0 Å². The normalized spacial score (nSPS) is 11.2. The molecular formula is C14H12N2O4. The Balaban J connectivity index is 2.22. The van der Waals surface area contributed by atoms with E-state index in [0.717, 1.165) is 0 Å². The van der Waals surface area contributed by atoms with E-state index in [4.69, 9.17) is 9.84 Å². The van der Waals surface area contributed by atoms with Gasteiger partial charge in [-0.1, -0.05) is 4.86 Å². The molecule has 2 aromatic rings. The first-order valence-electron chi connectivity index (χ1n) is 5.76. The Morgan fingerprint density at radius 1 is 1.15 bits per heavy atom. The van der Waals surface area contributed by atoms with Gasteiger partial charge in [-0.15, -0.1) is 0 Å². The van der Waals surface area contributed by atoms with E-state index >= 15 is 0 Å². The van der Waals surface area contributed by atoms with Crippen molar-refractivity contribution in [1.29, 1.82) is 0 Å². The van der Waals surface area contributed by atoms with Gasteiger partial charge in [0.2, 0.25) is 5.69 Å². The molecule has 20 heavy (non-hydrogen) atoms. The highest BCUT2D eigenvalue weighted by atomic mass is 16.5. The molecule has 6 heteroatoms. The second-order valence-corrected chi connectivity index (χ2v) is 3.92. The molecule has 0 saturated heterocycles. The molecule has 0 aliphatic carbocycles. The third kappa shape index (κ3) is 3.11. The fraction of sp³-hybridized carbons (Fsp3) is 0.0714. The van der Waals surface area contributed by atoms with Crippen molar-refractivity contribution in [1.82, 2.24) is 0 Å². The molecule has 0 radical (unpaired) electrons. The van der Waals surface area contributed by atoms with Gasteiger partial charge in [0, 0.05) is 17.2 Å². The molecule has 0 heterocycles. The number of methoxy groups -OCH3 is 1. The summed E-state index contributed by atoms with van der Waals surface area (Å²) in [6, 6.07) is 12.2. The topological polar surface area (TPSA) is 85.0 Å². The molecule has 0 unspecified atom stereocenters. The lowest BCUT2D eigenvalue weighted by Crippen LogP contribution is -1.95. The number of benzene rings is 2. The second-order valence-electron chi connectivity index (χ2n) is 3.92. The smallest absolute Gasteiger partial charge is 0.335 e. The number of nitrogens with zero attached hydrogens (tertiary/aromatic N) is 2. The lowest BCUT2D eigenvalue weighted by molar-refractivity contribution is -0.435. The van der Waals surface area contributed by atoms with Gasteiger partial charge in [0.1, 0.15) is 11.4 Å². The fourth-order valence-electron chi connectivity index (χ4n) is 1.54. The highest BCUT2D eigenvalue weighted by molar-refractivity contribution is 5.87. The number of hydrogen-bond donors (Lipinski definition) is 1. The van der Waals surface area contributed by atoms with E-state index in [0.29, 0.717) is 22.0 Å². The lowest BCUT2D eigenvalue weighted by Gasteiger charge is -2.01. The van der Waals surface area contributed by atoms with Crippen LogP contribution in [0, 0.1) is 5.21 Å². The minimum atomic E-state index is -1.02. The third-order valence-electron chi connectivity index (χ3n) is 2.61. The van der Waals surface area contributed by atoms with Gasteiger partial charge >= 0.3 is 5.97 Å². The SMILES string of the molecule is COc1ccc([N+]([O-])=Nc2ccc(C(=O)O)cc2)cc1. The molecular weight excluding hydrogens is 260 g/mol. The van der Waals surface area contributed by atoms with Crippen LogP contribution in [0.15, 0.2) is 53.6 Å². The zero-order chi connectivity index (χ0) is 14.5. The summed E-state index contributed by atoms with van der Waals surface area (Å²) in [5.41, 5.74) is 0.875. The van der Waals surface area contributed by atoms with Crippen LogP contribution in [0.3, 0.4) is 0 Å². The number of carbonyl (C=O) groups is 1. The van der Waals surface area contributed by atoms with Gasteiger partial charge in [0.15, 0.2) is 0 Å². The Morgan fingerprint density at radius 3 is 2.25 bits per heavy atom. The highest BCUT2D eigenvalue weighted by Gasteiger charge is 2.06. The van der Waals surface area contributed by atoms with Gasteiger partial charge in [0.25, 0.3) is 0 Å². The van der Waals surface area contributed by atoms with Gasteiger partial charge in [-0.05, 0) is 36.4 Å². The number of rotatable bonds is 4. The Hall–Kier alpha value is -2.89. The predicted octanol–water partition coefficient (Wildman–Crippen LogP) is 3.32. The average molecular weight is 272 g/mol. The maximum absolute atomic E-state index is 11.8. The molecule has 0 bridgehead atoms. The van der Waals surface area contributed by atoms with Crippen molar-refractivity contribution in [3.8, 4) is 5.75 Å². The Bertz CT molecular complexity index is 633. The number of ether oxygens (including phenoxy) is 1. The summed E-state index contributed by atoms with van der Waals surface area (Å²) in [7, 11) is 1.54. The highest BCUT2D eigenvalue weighted by Crippen LogP contribution is 2.20. The van der Waals surface area contributed by atoms with E-state index in [9.17, 15) is 10.0 Å². The van der Waals surface area contributed by atoms with Gasteiger partial charge in [-0.3, -0.25) is 0 Å². The largest absolute Gasteiger partial charge is 0.594 e. The van der Waals surface area contributed by atoms with E-state index in [1.807, 2.05) is 0 Å². The first-order chi connectivity index (χ1) is 9.60. The molecule has 0 aliphatic rings. The monoisotopic (exact) mass is 272 g/mol. The first-order valence-corrected chi connectivity index (χ1v) is 5.76. The van der Waals surface area contributed by atoms with Crippen LogP contribution >= 0.6 is 0 Å². The molecule has 0 fully saturated rings. The van der Waals surface area contributed by atoms with E-state index in [1.54, 1.807) is 31.4 Å². The molecule has 2 aromatic carbocycles. The van der Waals surface area contributed by atoms with Gasteiger partial charge in [-0.25, -0.2) is 4.79 Å². The molecule has 0 saturated carbocycles. The van der Waals surface area contributed by atoms with Crippen LogP contribution in [0.1, 0.15) is 10.4 Å². The summed E-state index contributed by atoms with van der Waals surface area (Å²) in [5, 5.41) is 24.4. The van der Waals surface area contributed by atoms with Crippen molar-refractivity contribution in [2.24, 2.45) is 5.11 Å². The van der Waals surface area contributed by atoms with Crippen molar-refractivity contribution in [2.75, 3.05) is 7.11 Å². The number of carboxylic acid groups (broad SMARTS) is 1. The van der Waals surface area contributed by atoms with Crippen LogP contribution in [0.25, 0.3) is 0 Å². The molecule has 0 aromatic heterocycles. The first kappa shape index (κ1) is 13.5. The summed E-state index contributed by atoms with van der Waals surface area (Å²) in [4.78, 5) is 11.2. The van der Waals surface area contributed by atoms with Crippen molar-refractivity contribution in [2.45, 2.75) is 0 Å². The standard InChI is InChI=1S/C14H12N2O4/c1-20-13-8-6-12(7-9-13)16(19)15-11-4-2-10(3-5-11)14(17)18/h2-9H,1H3,(H,17,18). The minimum absolute atomic E-state index is 0.144. The molecule has 0 spiro atoms. The summed E-state index contributed by atoms with van der Waals surface area (Å²) in [6.07, 6.45) is 0. The van der Waals surface area contributed by atoms with Gasteiger partial charge in [0.05, 0.1) is 12.7 Å². The van der Waals surface area contributed by atoms with Crippen LogP contribution < -0.4 is 4.74 Å². The van der Waals surface area contributed by atoms with Gasteiger partial charge < -0.3 is 15.1 Å². The molecule has 2 rings (SSSR count). The predicted molar refractivity (Wildman–Crippen MR) is 71.8 cm³/mol. The molecule has 102 valence electrons. The maximum Gasteiger partial charge on any atom is 0.335 e. The van der Waals surface area contributed by atoms with Crippen LogP contribution in [0.5, 0.6) is 5.75 Å². The molecule has 0 amide bonds. The summed E-state index contributed by atoms with van der Waals surface area (Å²) < 4.78 is 5.00. The molecule has 6 nitrogen and oxygen atoms in total. The van der Waals surface area contributed by atoms with Crippen LogP contribution in [-0.4, -0.2) is 23.0 Å². The van der Waals surface area contributed by atoms with E-state index < -0.39 is 5.97 Å². The van der Waals surface area contributed by atoms with E-state index in [-0.39, 0.29) is 5.56 Å². The number of hydrogen-bond acceptors (Lipinski definition) is 4. The summed E-state index contributed by atoms with van der Waals surface area (Å²) in [6.45, 7) is 0. The van der Waals surface area contributed by atoms with E-state index in [2.05, 4.69) is 5.11 Å². The number of azo groups is 1. The lowest BCUT2D eigenvalue weighted by atomic mass is 10.2. The zero-order valence-corrected chi connectivity index (χ0v) is 10.7. The van der Waals surface area contributed by atoms with Crippen molar-refractivity contribution in [3.63, 3.8) is 0 Å². The quantitative estimate of drug-likeness (QED) is 0.525. The Morgan fingerprint density at radius 2 is 1.75 bits per heavy atom. The molecule has 0 atom stereocenters. The average Bonchev–Trinajstić information content (AvgIpc) is 2.48. The van der Waals surface area contributed by atoms with Crippen molar-refractivity contribution < 1.29 is 19.5 Å². The van der Waals surface area contributed by atoms with Crippen molar-refractivity contribution >= 4 is 17.3 Å². The fourth-order valence-corrected chi connectivity index (χ4v) is 1.54. The summed E-state index contributed by atoms with van der Waals surface area (Å²) in [5.74, 6) is -0.376. The van der Waals surface area contributed by atoms with E-state index in [1.165, 1.54) is 24.3 Å². The Labute approximate surface area is 115 Å². The van der Waals surface area contributed by atoms with Crippen LogP contribution in [-0.2, 0) is 0 Å². The molecule has 0 aliphatic heterocycles. The van der Waals surface area contributed by atoms with Crippen molar-refractivity contribution in [3.05, 3.63) is 59.3 Å². The number of aromatic carboxylic acids is 1. The minimum Gasteiger partial charge on any atom is -0.594 e. The second kappa shape index (κ2) is 5.83. The molecule has 1 N–H and O–H groups in total. The zero-order valence-electron chi connectivity index (χ0n) is 10.7. The Kier molecular flexibility index (Phi) is 3.95.